The molecule has 0 amide bonds. The molecule has 0 radical (unpaired) electrons. The summed E-state index contributed by atoms with van der Waals surface area (Å²) in [6, 6.07) is 18.9. The number of fused-ring (bicyclic) bond motifs is 7. The maximum atomic E-state index is 11.4. The van der Waals surface area contributed by atoms with Crippen LogP contribution in [0.25, 0.3) is 32.8 Å². The quantitative estimate of drug-likeness (QED) is 0.175. The van der Waals surface area contributed by atoms with Gasteiger partial charge in [0.2, 0.25) is 0 Å². The van der Waals surface area contributed by atoms with Crippen LogP contribution in [0.1, 0.15) is 74.7 Å². The van der Waals surface area contributed by atoms with Gasteiger partial charge in [-0.25, -0.2) is 14.6 Å². The van der Waals surface area contributed by atoms with Crippen molar-refractivity contribution in [1.29, 1.82) is 0 Å². The molecule has 3 heterocycles. The van der Waals surface area contributed by atoms with E-state index in [0.29, 0.717) is 11.1 Å². The normalized spacial score (nSPS) is 14.3. The van der Waals surface area contributed by atoms with E-state index in [2.05, 4.69) is 14.5 Å². The van der Waals surface area contributed by atoms with E-state index in [-0.39, 0.29) is 0 Å². The Labute approximate surface area is 248 Å². The first kappa shape index (κ1) is 27.0. The maximum absolute atomic E-state index is 11.4. The Bertz CT molecular complexity index is 1980. The van der Waals surface area contributed by atoms with Crippen molar-refractivity contribution in [1.82, 2.24) is 19.5 Å². The van der Waals surface area contributed by atoms with Gasteiger partial charge in [-0.05, 0) is 111 Å². The van der Waals surface area contributed by atoms with Gasteiger partial charge in [-0.1, -0.05) is 12.1 Å². The molecule has 8 nitrogen and oxygen atoms in total. The molecule has 2 aliphatic rings. The number of aromatic nitrogens is 4. The highest BCUT2D eigenvalue weighted by molar-refractivity contribution is 5.96. The van der Waals surface area contributed by atoms with Gasteiger partial charge in [0, 0.05) is 46.2 Å². The molecule has 0 aliphatic heterocycles. The van der Waals surface area contributed by atoms with Crippen molar-refractivity contribution in [2.24, 2.45) is 0 Å². The third-order valence-electron chi connectivity index (χ3n) is 8.98. The van der Waals surface area contributed by atoms with Crippen LogP contribution in [0.15, 0.2) is 60.7 Å². The second-order valence-corrected chi connectivity index (χ2v) is 11.6. The van der Waals surface area contributed by atoms with Crippen molar-refractivity contribution < 1.29 is 19.8 Å². The van der Waals surface area contributed by atoms with Crippen LogP contribution < -0.4 is 0 Å². The van der Waals surface area contributed by atoms with Gasteiger partial charge < -0.3 is 24.7 Å². The van der Waals surface area contributed by atoms with Gasteiger partial charge in [-0.3, -0.25) is 0 Å². The van der Waals surface area contributed by atoms with E-state index in [9.17, 15) is 14.7 Å². The van der Waals surface area contributed by atoms with Gasteiger partial charge in [0.25, 0.3) is 0 Å². The number of hydrogen-bond acceptors (Lipinski definition) is 3. The Morgan fingerprint density at radius 2 is 1.44 bits per heavy atom. The molecule has 0 atom stereocenters. The van der Waals surface area contributed by atoms with Gasteiger partial charge in [-0.2, -0.15) is 0 Å². The summed E-state index contributed by atoms with van der Waals surface area (Å²) in [5, 5.41) is 20.5. The summed E-state index contributed by atoms with van der Waals surface area (Å²) < 4.78 is 2.38. The number of H-pyrrole nitrogens is 2. The highest BCUT2D eigenvalue weighted by atomic mass is 16.4. The molecule has 6 aromatic rings. The number of carboxylic acid groups (broad SMARTS) is 2. The molecule has 8 rings (SSSR count). The predicted octanol–water partition coefficient (Wildman–Crippen LogP) is 7.08. The highest BCUT2D eigenvalue weighted by Crippen LogP contribution is 2.33. The lowest BCUT2D eigenvalue weighted by Gasteiger charge is -2.15. The van der Waals surface area contributed by atoms with Crippen LogP contribution in [0, 0.1) is 0 Å². The van der Waals surface area contributed by atoms with Crippen LogP contribution in [0.3, 0.4) is 0 Å². The van der Waals surface area contributed by atoms with Crippen LogP contribution in [-0.2, 0) is 38.6 Å². The Hall–Kier alpha value is -4.85. The molecule has 2 aliphatic carbocycles. The number of hydrogen-bond donors (Lipinski definition) is 4. The van der Waals surface area contributed by atoms with Gasteiger partial charge in [0.05, 0.1) is 22.2 Å². The van der Waals surface area contributed by atoms with E-state index in [1.165, 1.54) is 48.2 Å². The molecule has 0 spiro atoms. The van der Waals surface area contributed by atoms with Crippen molar-refractivity contribution in [2.45, 2.75) is 64.3 Å². The molecule has 0 saturated heterocycles. The Morgan fingerprint density at radius 1 is 0.744 bits per heavy atom. The first-order valence-corrected chi connectivity index (χ1v) is 15.1. The molecule has 0 bridgehead atoms. The minimum absolute atomic E-state index is 0.366. The van der Waals surface area contributed by atoms with Crippen LogP contribution >= 0.6 is 0 Å². The Kier molecular flexibility index (Phi) is 6.97. The van der Waals surface area contributed by atoms with Crippen molar-refractivity contribution in [3.05, 3.63) is 100 Å². The van der Waals surface area contributed by atoms with E-state index in [4.69, 9.17) is 10.1 Å². The van der Waals surface area contributed by atoms with Crippen LogP contribution in [0.5, 0.6) is 0 Å². The number of aromatic carboxylic acids is 2. The predicted molar refractivity (Wildman–Crippen MR) is 167 cm³/mol. The zero-order chi connectivity index (χ0) is 29.5. The van der Waals surface area contributed by atoms with E-state index in [0.717, 1.165) is 77.3 Å². The maximum Gasteiger partial charge on any atom is 0.335 e. The summed E-state index contributed by atoms with van der Waals surface area (Å²) in [6.07, 6.45) is 9.88. The first-order valence-electron chi connectivity index (χ1n) is 15.1. The number of nitrogens with zero attached hydrogens (tertiary/aromatic N) is 2. The molecule has 4 N–H and O–H groups in total. The minimum Gasteiger partial charge on any atom is -0.478 e. The minimum atomic E-state index is -0.864. The third-order valence-corrected chi connectivity index (χ3v) is 8.98. The largest absolute Gasteiger partial charge is 0.478 e. The summed E-state index contributed by atoms with van der Waals surface area (Å²) in [5.41, 5.74) is 10.3. The van der Waals surface area contributed by atoms with E-state index >= 15 is 0 Å². The molecular weight excluding hydrogens is 540 g/mol. The SMILES string of the molecule is O=C(O)c1ccc2[nH]c3c(c2c1)CCCC3.O=C(O)c1ccc2c(c1)c1c(n2CCc2nc3ccccc3[nH]2)CCCC1. The molecule has 43 heavy (non-hydrogen) atoms. The molecule has 218 valence electrons. The summed E-state index contributed by atoms with van der Waals surface area (Å²) in [6.45, 7) is 0.845. The number of aromatic amines is 2. The van der Waals surface area contributed by atoms with Crippen molar-refractivity contribution >= 4 is 44.8 Å². The number of imidazole rings is 1. The first-order chi connectivity index (χ1) is 21.0. The molecule has 0 saturated carbocycles. The molecule has 0 fully saturated rings. The summed E-state index contributed by atoms with van der Waals surface area (Å²) >= 11 is 0. The van der Waals surface area contributed by atoms with Gasteiger partial charge >= 0.3 is 11.9 Å². The van der Waals surface area contributed by atoms with Gasteiger partial charge in [-0.15, -0.1) is 0 Å². The fraction of sp³-hybridized carbons (Fsp3) is 0.286. The van der Waals surface area contributed by atoms with Crippen molar-refractivity contribution in [3.63, 3.8) is 0 Å². The number of carbonyl (C=O) groups is 2. The third kappa shape index (κ3) is 5.07. The number of carboxylic acids is 2. The lowest BCUT2D eigenvalue weighted by molar-refractivity contribution is 0.0686. The molecule has 0 unspecified atom stereocenters. The Balaban J connectivity index is 0.000000160. The smallest absolute Gasteiger partial charge is 0.335 e. The molecule has 3 aromatic heterocycles. The number of benzene rings is 3. The van der Waals surface area contributed by atoms with Gasteiger partial charge in [0.15, 0.2) is 0 Å². The number of rotatable bonds is 5. The van der Waals surface area contributed by atoms with E-state index in [1.54, 1.807) is 18.2 Å². The lowest BCUT2D eigenvalue weighted by Crippen LogP contribution is -2.10. The fourth-order valence-corrected chi connectivity index (χ4v) is 6.91. The van der Waals surface area contributed by atoms with Crippen molar-refractivity contribution in [3.8, 4) is 0 Å². The Morgan fingerprint density at radius 3 is 2.23 bits per heavy atom. The average molecular weight is 575 g/mol. The van der Waals surface area contributed by atoms with Gasteiger partial charge in [0.1, 0.15) is 5.82 Å². The zero-order valence-corrected chi connectivity index (χ0v) is 23.9. The van der Waals surface area contributed by atoms with Crippen LogP contribution in [0.2, 0.25) is 0 Å². The summed E-state index contributed by atoms with van der Waals surface area (Å²) in [7, 11) is 0. The summed E-state index contributed by atoms with van der Waals surface area (Å²) in [5.74, 6) is -0.728. The molecular formula is C35H34N4O4. The topological polar surface area (TPSA) is 124 Å². The average Bonchev–Trinajstić information content (AvgIpc) is 3.71. The standard InChI is InChI=1S/C22H21N3O2.C13H13NO2/c26-22(27)14-9-10-20-16(13-14)15-5-1-4-8-19(15)25(20)12-11-21-23-17-6-2-3-7-18(17)24-21;15-13(16)8-5-6-12-10(7-8)9-3-1-2-4-11(9)14-12/h2-3,6-7,9-10,13H,1,4-5,8,11-12H2,(H,23,24)(H,26,27);5-7,14H,1-4H2,(H,15,16). The fourth-order valence-electron chi connectivity index (χ4n) is 6.91. The number of para-hydroxylation sites is 2. The van der Waals surface area contributed by atoms with E-state index in [1.807, 2.05) is 42.5 Å². The molecule has 3 aromatic carbocycles. The summed E-state index contributed by atoms with van der Waals surface area (Å²) in [4.78, 5) is 33.8. The van der Waals surface area contributed by atoms with Crippen LogP contribution in [0.4, 0.5) is 0 Å². The molecule has 8 heteroatoms. The highest BCUT2D eigenvalue weighted by Gasteiger charge is 2.21. The second-order valence-electron chi connectivity index (χ2n) is 11.6. The lowest BCUT2D eigenvalue weighted by atomic mass is 9.95. The second kappa shape index (κ2) is 11.1. The van der Waals surface area contributed by atoms with Crippen molar-refractivity contribution in [2.75, 3.05) is 0 Å². The zero-order valence-electron chi connectivity index (χ0n) is 23.9. The monoisotopic (exact) mass is 574 g/mol. The van der Waals surface area contributed by atoms with Crippen LogP contribution in [-0.4, -0.2) is 41.7 Å². The number of nitrogens with one attached hydrogen (secondary N) is 2. The number of aryl methyl sites for hydroxylation is 5. The van der Waals surface area contributed by atoms with E-state index < -0.39 is 11.9 Å².